The molecule has 5 rings (SSSR count). The van der Waals surface area contributed by atoms with Gasteiger partial charge in [0, 0.05) is 52.4 Å². The number of benzene rings is 2. The van der Waals surface area contributed by atoms with E-state index >= 15 is 0 Å². The Morgan fingerprint density at radius 1 is 0.839 bits per heavy atom. The molecule has 0 radical (unpaired) electrons. The topological polar surface area (TPSA) is 208 Å². The van der Waals surface area contributed by atoms with Gasteiger partial charge in [-0.25, -0.2) is 5.26 Å². The zero-order valence-corrected chi connectivity index (χ0v) is 34.7. The number of allylic oxidation sites excluding steroid dienone is 10. The predicted molar refractivity (Wildman–Crippen MR) is 215 cm³/mol. The summed E-state index contributed by atoms with van der Waals surface area (Å²) >= 11 is 0.848. The normalized spacial score (nSPS) is 19.8. The number of fused-ring (bicyclic) bond motifs is 2. The van der Waals surface area contributed by atoms with Crippen LogP contribution < -0.4 is 4.90 Å². The van der Waals surface area contributed by atoms with Gasteiger partial charge in [-0.15, -0.1) is 4.33 Å². The quantitative estimate of drug-likeness (QED) is 0.0436. The van der Waals surface area contributed by atoms with E-state index in [0.29, 0.717) is 22.7 Å². The van der Waals surface area contributed by atoms with Crippen LogP contribution in [0.4, 0.5) is 11.4 Å². The van der Waals surface area contributed by atoms with Crippen LogP contribution in [0.15, 0.2) is 106 Å². The third kappa shape index (κ3) is 10.5. The molecule has 2 aliphatic heterocycles. The molecule has 1 aliphatic carbocycles. The Labute approximate surface area is 332 Å². The second-order valence-corrected chi connectivity index (χ2v) is 20.2. The lowest BCUT2D eigenvalue weighted by molar-refractivity contribution is -0.437. The fourth-order valence-corrected chi connectivity index (χ4v) is 9.43. The van der Waals surface area contributed by atoms with E-state index in [-0.39, 0.29) is 30.0 Å². The smallest absolute Gasteiger partial charge is 0.294 e. The summed E-state index contributed by atoms with van der Waals surface area (Å²) in [4.78, 5) is 2.36. The third-order valence-corrected chi connectivity index (χ3v) is 13.2. The van der Waals surface area contributed by atoms with E-state index in [9.17, 15) is 38.9 Å². The molecule has 0 saturated carbocycles. The number of rotatable bonds is 16. The van der Waals surface area contributed by atoms with E-state index in [0.717, 1.165) is 65.1 Å². The molecule has 0 unspecified atom stereocenters. The fraction of sp³-hybridized carbons (Fsp3) is 0.395. The van der Waals surface area contributed by atoms with Crippen molar-refractivity contribution in [1.29, 1.82) is 0 Å². The van der Waals surface area contributed by atoms with Crippen LogP contribution in [0.3, 0.4) is 0 Å². The largest absolute Gasteiger partial charge is 0.344 e. The van der Waals surface area contributed by atoms with E-state index < -0.39 is 46.9 Å². The van der Waals surface area contributed by atoms with Crippen LogP contribution in [0.2, 0.25) is 0 Å². The minimum atomic E-state index is -4.46. The molecule has 0 amide bonds. The van der Waals surface area contributed by atoms with Gasteiger partial charge >= 0.3 is 0 Å². The Hall–Kier alpha value is -3.43. The molecule has 0 bridgehead atoms. The molecule has 0 aromatic heterocycles. The monoisotopic (exact) mass is 851 g/mol. The summed E-state index contributed by atoms with van der Waals surface area (Å²) in [5.41, 5.74) is 5.89. The molecule has 2 heterocycles. The van der Waals surface area contributed by atoms with E-state index in [1.165, 1.54) is 12.1 Å². The zero-order valence-electron chi connectivity index (χ0n) is 31.5. The van der Waals surface area contributed by atoms with Crippen LogP contribution in [0.1, 0.15) is 70.9 Å². The van der Waals surface area contributed by atoms with E-state index in [2.05, 4.69) is 29.3 Å². The Bertz CT molecular complexity index is 2370. The van der Waals surface area contributed by atoms with Crippen molar-refractivity contribution in [3.05, 3.63) is 107 Å². The number of hydrogen-bond acceptors (Lipinski definition) is 11. The summed E-state index contributed by atoms with van der Waals surface area (Å²) in [5, 5.41) is 12.4. The molecule has 2 aromatic carbocycles. The van der Waals surface area contributed by atoms with Gasteiger partial charge in [0.05, 0.1) is 33.9 Å². The first kappa shape index (κ1) is 43.7. The van der Waals surface area contributed by atoms with Gasteiger partial charge in [0.2, 0.25) is 5.69 Å². The lowest BCUT2D eigenvalue weighted by Gasteiger charge is -2.27. The summed E-state index contributed by atoms with van der Waals surface area (Å²) in [7, 11) is -12.8. The van der Waals surface area contributed by atoms with Gasteiger partial charge in [0.15, 0.2) is 5.71 Å². The van der Waals surface area contributed by atoms with Gasteiger partial charge in [0.1, 0.15) is 6.54 Å². The second-order valence-electron chi connectivity index (χ2n) is 14.9. The maximum absolute atomic E-state index is 12.0. The molecular formula is C38H47N2O12S4+. The molecule has 3 aliphatic rings. The highest BCUT2D eigenvalue weighted by Gasteiger charge is 2.44. The first-order valence-corrected chi connectivity index (χ1v) is 23.2. The van der Waals surface area contributed by atoms with Gasteiger partial charge < -0.3 is 4.90 Å². The minimum absolute atomic E-state index is 0.127. The zero-order chi connectivity index (χ0) is 41.1. The van der Waals surface area contributed by atoms with E-state index in [1.54, 1.807) is 12.1 Å². The lowest BCUT2D eigenvalue weighted by Crippen LogP contribution is -2.28. The Morgan fingerprint density at radius 2 is 1.54 bits per heavy atom. The molecule has 0 fully saturated rings. The van der Waals surface area contributed by atoms with Gasteiger partial charge in [-0.1, -0.05) is 49.3 Å². The minimum Gasteiger partial charge on any atom is -0.344 e. The van der Waals surface area contributed by atoms with Crippen molar-refractivity contribution >= 4 is 59.5 Å². The molecule has 0 saturated heterocycles. The van der Waals surface area contributed by atoms with Crippen molar-refractivity contribution in [2.75, 3.05) is 29.5 Å². The maximum Gasteiger partial charge on any atom is 0.294 e. The fourth-order valence-electron chi connectivity index (χ4n) is 7.54. The lowest BCUT2D eigenvalue weighted by atomic mass is 9.81. The predicted octanol–water partition coefficient (Wildman–Crippen LogP) is 7.12. The van der Waals surface area contributed by atoms with Crippen molar-refractivity contribution < 1.29 is 58.1 Å². The van der Waals surface area contributed by atoms with Crippen LogP contribution in [0.25, 0.3) is 0 Å². The van der Waals surface area contributed by atoms with Crippen molar-refractivity contribution in [1.82, 2.24) is 0 Å². The summed E-state index contributed by atoms with van der Waals surface area (Å²) < 4.78 is 105. The third-order valence-electron chi connectivity index (χ3n) is 10.2. The molecule has 56 heavy (non-hydrogen) atoms. The van der Waals surface area contributed by atoms with Crippen molar-refractivity contribution in [2.45, 2.75) is 80.4 Å². The summed E-state index contributed by atoms with van der Waals surface area (Å²) in [6.45, 7) is 8.56. The van der Waals surface area contributed by atoms with Crippen LogP contribution in [0, 0.1) is 0 Å². The standard InChI is InChI=1S/C38H46N2O12S4/c1-37(2)31-25-29(53-52-51-41)16-18-33(31)39(20-8-22-54(42,43)44)35(37)14-6-12-27-10-5-11-28(24-27)13-7-15-36-38(3,4)32-26-30(56(48,49)50)17-19-34(32)40(36)21-9-23-55(45,46)47/h6-7,12-19,24-26H,5,8-11,20-23H2,1-4H3,(H3-,41,42,43,44,45,46,47,48,49,50)/p+1. The van der Waals surface area contributed by atoms with Crippen LogP contribution >= 0.6 is 12.0 Å². The van der Waals surface area contributed by atoms with Crippen molar-refractivity contribution in [3.8, 4) is 0 Å². The van der Waals surface area contributed by atoms with Crippen LogP contribution in [-0.4, -0.2) is 79.1 Å². The average Bonchev–Trinajstić information content (AvgIpc) is 3.44. The van der Waals surface area contributed by atoms with Crippen molar-refractivity contribution in [3.63, 3.8) is 0 Å². The Kier molecular flexibility index (Phi) is 13.4. The Morgan fingerprint density at radius 3 is 2.21 bits per heavy atom. The van der Waals surface area contributed by atoms with Gasteiger partial charge in [-0.3, -0.25) is 13.7 Å². The molecule has 0 atom stereocenters. The molecule has 0 spiro atoms. The summed E-state index contributed by atoms with van der Waals surface area (Å²) in [5.74, 6) is -0.812. The van der Waals surface area contributed by atoms with Gasteiger partial charge in [0.25, 0.3) is 30.4 Å². The van der Waals surface area contributed by atoms with Crippen LogP contribution in [0.5, 0.6) is 0 Å². The van der Waals surface area contributed by atoms with E-state index in [4.69, 9.17) is 5.26 Å². The van der Waals surface area contributed by atoms with Crippen LogP contribution in [-0.2, 0) is 50.6 Å². The highest BCUT2D eigenvalue weighted by Crippen LogP contribution is 2.48. The number of nitrogens with zero attached hydrogens (tertiary/aromatic N) is 2. The molecule has 14 nitrogen and oxygen atoms in total. The molecule has 304 valence electrons. The Balaban J connectivity index is 1.41. The van der Waals surface area contributed by atoms with E-state index in [1.807, 2.05) is 71.9 Å². The van der Waals surface area contributed by atoms with Crippen molar-refractivity contribution in [2.24, 2.45) is 0 Å². The van der Waals surface area contributed by atoms with Gasteiger partial charge in [-0.05, 0) is 92.6 Å². The van der Waals surface area contributed by atoms with Gasteiger partial charge in [-0.2, -0.15) is 29.8 Å². The second kappa shape index (κ2) is 17.2. The number of hydrogen-bond donors (Lipinski definition) is 4. The SMILES string of the molecule is CC1(C)C(=CC=CC2=CC(=CC=CC3=[N+](CCCS(=O)(=O)O)c4ccc(SOOO)cc4C3(C)C)CCC2)N(CCCS(=O)(=O)O)c2ccc(S(=O)(=O)O)cc21. The molecule has 2 aromatic rings. The highest BCUT2D eigenvalue weighted by molar-refractivity contribution is 7.94. The first-order chi connectivity index (χ1) is 26.1. The average molecular weight is 852 g/mol. The maximum atomic E-state index is 12.0. The molecule has 4 N–H and O–H groups in total. The first-order valence-electron chi connectivity index (χ1n) is 17.8. The number of anilines is 1. The summed E-state index contributed by atoms with van der Waals surface area (Å²) in [6.07, 6.45) is 16.9. The molecular weight excluding hydrogens is 805 g/mol. The molecule has 18 heteroatoms. The highest BCUT2D eigenvalue weighted by atomic mass is 32.2. The summed E-state index contributed by atoms with van der Waals surface area (Å²) in [6, 6.07) is 9.95.